The van der Waals surface area contributed by atoms with Crippen LogP contribution in [-0.2, 0) is 9.59 Å². The highest BCUT2D eigenvalue weighted by Gasteiger charge is 2.10. The lowest BCUT2D eigenvalue weighted by molar-refractivity contribution is -0.128. The maximum absolute atomic E-state index is 12.1. The molecule has 0 atom stereocenters. The molecule has 154 valence electrons. The van der Waals surface area contributed by atoms with Gasteiger partial charge in [0.1, 0.15) is 5.75 Å². The Morgan fingerprint density at radius 2 is 1.77 bits per heavy atom. The van der Waals surface area contributed by atoms with E-state index in [2.05, 4.69) is 24.7 Å². The number of rotatable bonds is 6. The second kappa shape index (κ2) is 9.74. The minimum Gasteiger partial charge on any atom is -0.483 e. The first-order valence-electron chi connectivity index (χ1n) is 9.92. The Morgan fingerprint density at radius 1 is 1.00 bits per heavy atom. The van der Waals surface area contributed by atoms with E-state index in [0.29, 0.717) is 5.75 Å². The molecule has 3 aromatic carbocycles. The number of fused-ring (bicyclic) bond motifs is 1. The molecule has 0 unspecified atom stereocenters. The molecular formula is C25H26N2O3. The first-order chi connectivity index (χ1) is 14.4. The van der Waals surface area contributed by atoms with Crippen molar-refractivity contribution in [3.63, 3.8) is 0 Å². The van der Waals surface area contributed by atoms with Gasteiger partial charge in [0.25, 0.3) is 11.8 Å². The minimum absolute atomic E-state index is 0.184. The summed E-state index contributed by atoms with van der Waals surface area (Å²) in [4.78, 5) is 24.1. The van der Waals surface area contributed by atoms with Crippen LogP contribution in [0.3, 0.4) is 0 Å². The average molecular weight is 402 g/mol. The molecular weight excluding hydrogens is 376 g/mol. The van der Waals surface area contributed by atoms with Crippen molar-refractivity contribution in [2.24, 2.45) is 0 Å². The fraction of sp³-hybridized carbons (Fsp3) is 0.200. The first kappa shape index (κ1) is 21.1. The van der Waals surface area contributed by atoms with E-state index in [1.54, 1.807) is 6.08 Å². The van der Waals surface area contributed by atoms with Crippen molar-refractivity contribution in [1.82, 2.24) is 10.9 Å². The van der Waals surface area contributed by atoms with Gasteiger partial charge < -0.3 is 4.74 Å². The largest absolute Gasteiger partial charge is 0.483 e. The summed E-state index contributed by atoms with van der Waals surface area (Å²) in [6, 6.07) is 19.8. The molecule has 0 fully saturated rings. The smallest absolute Gasteiger partial charge is 0.276 e. The second-order valence-electron chi connectivity index (χ2n) is 7.42. The number of hydrogen-bond acceptors (Lipinski definition) is 3. The molecule has 0 aliphatic heterocycles. The summed E-state index contributed by atoms with van der Waals surface area (Å²) in [5.74, 6) is 0.109. The lowest BCUT2D eigenvalue weighted by atomic mass is 10.0. The number of carbonyl (C=O) groups excluding carboxylic acids is 2. The maximum Gasteiger partial charge on any atom is 0.276 e. The zero-order chi connectivity index (χ0) is 21.5. The van der Waals surface area contributed by atoms with E-state index < -0.39 is 11.8 Å². The van der Waals surface area contributed by atoms with Gasteiger partial charge in [0.2, 0.25) is 0 Å². The first-order valence-corrected chi connectivity index (χ1v) is 9.92. The van der Waals surface area contributed by atoms with Crippen molar-refractivity contribution in [2.45, 2.75) is 26.7 Å². The zero-order valence-electron chi connectivity index (χ0n) is 17.4. The number of hydrazine groups is 1. The molecule has 0 bridgehead atoms. The lowest BCUT2D eigenvalue weighted by Crippen LogP contribution is -2.43. The van der Waals surface area contributed by atoms with E-state index in [9.17, 15) is 9.59 Å². The molecule has 3 rings (SSSR count). The minimum atomic E-state index is -0.432. The Bertz CT molecular complexity index is 1080. The van der Waals surface area contributed by atoms with Crippen LogP contribution < -0.4 is 15.6 Å². The molecule has 0 spiro atoms. The van der Waals surface area contributed by atoms with Crippen LogP contribution in [0.5, 0.6) is 5.75 Å². The lowest BCUT2D eigenvalue weighted by Gasteiger charge is -2.14. The molecule has 5 heteroatoms. The predicted octanol–water partition coefficient (Wildman–Crippen LogP) is 4.51. The van der Waals surface area contributed by atoms with Crippen molar-refractivity contribution in [2.75, 3.05) is 6.61 Å². The van der Waals surface area contributed by atoms with Crippen LogP contribution in [0.1, 0.15) is 36.5 Å². The average Bonchev–Trinajstić information content (AvgIpc) is 2.74. The van der Waals surface area contributed by atoms with Crippen molar-refractivity contribution in [3.05, 3.63) is 83.4 Å². The van der Waals surface area contributed by atoms with E-state index in [-0.39, 0.29) is 12.5 Å². The molecule has 0 aromatic heterocycles. The Kier molecular flexibility index (Phi) is 6.86. The van der Waals surface area contributed by atoms with Crippen LogP contribution in [0.25, 0.3) is 16.8 Å². The van der Waals surface area contributed by atoms with Crippen LogP contribution in [0.15, 0.2) is 66.7 Å². The van der Waals surface area contributed by atoms with Gasteiger partial charge in [-0.05, 0) is 52.4 Å². The van der Waals surface area contributed by atoms with Crippen LogP contribution in [0, 0.1) is 6.92 Å². The Morgan fingerprint density at radius 3 is 2.57 bits per heavy atom. The van der Waals surface area contributed by atoms with Crippen molar-refractivity contribution < 1.29 is 14.3 Å². The number of benzene rings is 3. The van der Waals surface area contributed by atoms with Gasteiger partial charge in [-0.2, -0.15) is 0 Å². The quantitative estimate of drug-likeness (QED) is 0.471. The Balaban J connectivity index is 1.53. The number of hydrogen-bond donors (Lipinski definition) is 2. The SMILES string of the molecule is Cc1ccc(C(C)C)c(OCC(=O)NNC(=O)C=Cc2cccc3ccccc23)c1. The predicted molar refractivity (Wildman–Crippen MR) is 120 cm³/mol. The van der Waals surface area contributed by atoms with E-state index in [4.69, 9.17) is 4.74 Å². The standard InChI is InChI=1S/C25H26N2O3/c1-17(2)21-13-11-18(3)15-23(21)30-16-25(29)27-26-24(28)14-12-20-9-6-8-19-7-4-5-10-22(19)20/h4-15,17H,16H2,1-3H3,(H,26,28)(H,27,29). The third-order valence-electron chi connectivity index (χ3n) is 4.71. The second-order valence-corrected chi connectivity index (χ2v) is 7.42. The summed E-state index contributed by atoms with van der Waals surface area (Å²) < 4.78 is 5.67. The van der Waals surface area contributed by atoms with Crippen molar-refractivity contribution in [3.8, 4) is 5.75 Å². The Hall–Kier alpha value is -3.60. The summed E-state index contributed by atoms with van der Waals surface area (Å²) >= 11 is 0. The van der Waals surface area contributed by atoms with E-state index >= 15 is 0 Å². The summed E-state index contributed by atoms with van der Waals surface area (Å²) in [6.07, 6.45) is 3.11. The van der Waals surface area contributed by atoms with Gasteiger partial charge >= 0.3 is 0 Å². The number of amides is 2. The highest BCUT2D eigenvalue weighted by atomic mass is 16.5. The fourth-order valence-corrected chi connectivity index (χ4v) is 3.16. The summed E-state index contributed by atoms with van der Waals surface area (Å²) in [6.45, 7) is 5.93. The molecule has 2 N–H and O–H groups in total. The molecule has 2 amide bonds. The molecule has 0 saturated carbocycles. The van der Waals surface area contributed by atoms with Gasteiger partial charge in [-0.25, -0.2) is 0 Å². The molecule has 0 radical (unpaired) electrons. The number of carbonyl (C=O) groups is 2. The van der Waals surface area contributed by atoms with E-state index in [1.807, 2.05) is 67.6 Å². The van der Waals surface area contributed by atoms with E-state index in [0.717, 1.165) is 27.5 Å². The van der Waals surface area contributed by atoms with Crippen LogP contribution in [0.4, 0.5) is 0 Å². The number of nitrogens with one attached hydrogen (secondary N) is 2. The topological polar surface area (TPSA) is 67.4 Å². The molecule has 30 heavy (non-hydrogen) atoms. The third-order valence-corrected chi connectivity index (χ3v) is 4.71. The Labute approximate surface area is 176 Å². The highest BCUT2D eigenvalue weighted by molar-refractivity contribution is 5.97. The summed E-state index contributed by atoms with van der Waals surface area (Å²) in [7, 11) is 0. The molecule has 0 aliphatic rings. The fourth-order valence-electron chi connectivity index (χ4n) is 3.16. The van der Waals surface area contributed by atoms with E-state index in [1.165, 1.54) is 6.08 Å². The van der Waals surface area contributed by atoms with Gasteiger partial charge in [0.15, 0.2) is 6.61 Å². The van der Waals surface area contributed by atoms with Gasteiger partial charge in [0, 0.05) is 6.08 Å². The van der Waals surface area contributed by atoms with Crippen molar-refractivity contribution >= 4 is 28.7 Å². The summed E-state index contributed by atoms with van der Waals surface area (Å²) in [5.41, 5.74) is 7.78. The van der Waals surface area contributed by atoms with Crippen LogP contribution >= 0.6 is 0 Å². The number of aryl methyl sites for hydroxylation is 1. The van der Waals surface area contributed by atoms with Crippen LogP contribution in [0.2, 0.25) is 0 Å². The monoisotopic (exact) mass is 402 g/mol. The zero-order valence-corrected chi connectivity index (χ0v) is 17.4. The van der Waals surface area contributed by atoms with Gasteiger partial charge in [-0.3, -0.25) is 20.4 Å². The highest BCUT2D eigenvalue weighted by Crippen LogP contribution is 2.27. The van der Waals surface area contributed by atoms with Crippen molar-refractivity contribution in [1.29, 1.82) is 0 Å². The molecule has 0 heterocycles. The molecule has 3 aromatic rings. The molecule has 5 nitrogen and oxygen atoms in total. The third kappa shape index (κ3) is 5.47. The van der Waals surface area contributed by atoms with Crippen LogP contribution in [-0.4, -0.2) is 18.4 Å². The maximum atomic E-state index is 12.1. The van der Waals surface area contributed by atoms with Gasteiger partial charge in [0.05, 0.1) is 0 Å². The number of ether oxygens (including phenoxy) is 1. The molecule has 0 saturated heterocycles. The molecule has 0 aliphatic carbocycles. The van der Waals surface area contributed by atoms with Gasteiger partial charge in [-0.1, -0.05) is 68.4 Å². The van der Waals surface area contributed by atoms with Gasteiger partial charge in [-0.15, -0.1) is 0 Å². The summed E-state index contributed by atoms with van der Waals surface area (Å²) in [5, 5.41) is 2.16. The normalized spacial score (nSPS) is 11.1.